The van der Waals surface area contributed by atoms with Gasteiger partial charge in [0.05, 0.1) is 0 Å². The van der Waals surface area contributed by atoms with E-state index in [4.69, 9.17) is 11.5 Å². The molecule has 4 nitrogen and oxygen atoms in total. The van der Waals surface area contributed by atoms with Crippen LogP contribution in [0.25, 0.3) is 0 Å². The SMILES string of the molecule is Cc1ccnc(N)c1C(O)(CN)C(C)C. The third-order valence-electron chi connectivity index (χ3n) is 2.89. The molecule has 1 atom stereocenters. The summed E-state index contributed by atoms with van der Waals surface area (Å²) in [6.07, 6.45) is 1.63. The van der Waals surface area contributed by atoms with E-state index in [9.17, 15) is 5.11 Å². The highest BCUT2D eigenvalue weighted by molar-refractivity contribution is 5.48. The smallest absolute Gasteiger partial charge is 0.129 e. The second-order valence-corrected chi connectivity index (χ2v) is 4.17. The van der Waals surface area contributed by atoms with Gasteiger partial charge in [-0.25, -0.2) is 4.98 Å². The number of aryl methyl sites for hydroxylation is 1. The van der Waals surface area contributed by atoms with Gasteiger partial charge >= 0.3 is 0 Å². The van der Waals surface area contributed by atoms with Gasteiger partial charge in [-0.3, -0.25) is 0 Å². The second-order valence-electron chi connectivity index (χ2n) is 4.17. The molecule has 0 bridgehead atoms. The van der Waals surface area contributed by atoms with Crippen LogP contribution in [-0.4, -0.2) is 16.6 Å². The Labute approximate surface area is 90.3 Å². The predicted octanol–water partition coefficient (Wildman–Crippen LogP) is 0.775. The molecule has 0 aromatic carbocycles. The molecule has 1 aromatic heterocycles. The van der Waals surface area contributed by atoms with Gasteiger partial charge in [0, 0.05) is 18.3 Å². The van der Waals surface area contributed by atoms with Crippen molar-refractivity contribution in [3.05, 3.63) is 23.4 Å². The Bertz CT molecular complexity index is 331. The van der Waals surface area contributed by atoms with Crippen LogP contribution in [0.1, 0.15) is 25.0 Å². The van der Waals surface area contributed by atoms with E-state index in [0.717, 1.165) is 5.56 Å². The minimum atomic E-state index is -1.09. The van der Waals surface area contributed by atoms with Crippen molar-refractivity contribution < 1.29 is 5.11 Å². The first kappa shape index (κ1) is 11.9. The fourth-order valence-corrected chi connectivity index (χ4v) is 1.77. The van der Waals surface area contributed by atoms with E-state index in [1.165, 1.54) is 0 Å². The van der Waals surface area contributed by atoms with Gasteiger partial charge in [-0.15, -0.1) is 0 Å². The van der Waals surface area contributed by atoms with Crippen LogP contribution in [0.15, 0.2) is 12.3 Å². The largest absolute Gasteiger partial charge is 0.383 e. The summed E-state index contributed by atoms with van der Waals surface area (Å²) in [5.41, 5.74) is 11.9. The first-order chi connectivity index (χ1) is 6.93. The molecule has 0 saturated carbocycles. The summed E-state index contributed by atoms with van der Waals surface area (Å²) >= 11 is 0. The zero-order valence-corrected chi connectivity index (χ0v) is 9.49. The number of anilines is 1. The average Bonchev–Trinajstić information content (AvgIpc) is 2.16. The van der Waals surface area contributed by atoms with Crippen molar-refractivity contribution in [3.63, 3.8) is 0 Å². The maximum Gasteiger partial charge on any atom is 0.129 e. The lowest BCUT2D eigenvalue weighted by Gasteiger charge is -2.33. The Morgan fingerprint density at radius 1 is 1.53 bits per heavy atom. The highest BCUT2D eigenvalue weighted by atomic mass is 16.3. The van der Waals surface area contributed by atoms with E-state index >= 15 is 0 Å². The van der Waals surface area contributed by atoms with Crippen LogP contribution in [0.4, 0.5) is 5.82 Å². The van der Waals surface area contributed by atoms with Gasteiger partial charge in [0.2, 0.25) is 0 Å². The van der Waals surface area contributed by atoms with Crippen LogP contribution in [0.5, 0.6) is 0 Å². The molecule has 15 heavy (non-hydrogen) atoms. The van der Waals surface area contributed by atoms with Crippen LogP contribution in [0, 0.1) is 12.8 Å². The molecule has 84 valence electrons. The first-order valence-corrected chi connectivity index (χ1v) is 5.07. The van der Waals surface area contributed by atoms with E-state index in [0.29, 0.717) is 11.4 Å². The number of aromatic nitrogens is 1. The van der Waals surface area contributed by atoms with Crippen LogP contribution < -0.4 is 11.5 Å². The molecule has 4 heteroatoms. The van der Waals surface area contributed by atoms with E-state index in [2.05, 4.69) is 4.98 Å². The van der Waals surface area contributed by atoms with Crippen LogP contribution in [0.3, 0.4) is 0 Å². The normalized spacial score (nSPS) is 15.3. The summed E-state index contributed by atoms with van der Waals surface area (Å²) in [6, 6.07) is 1.83. The molecule has 0 aliphatic rings. The van der Waals surface area contributed by atoms with E-state index in [-0.39, 0.29) is 12.5 Å². The highest BCUT2D eigenvalue weighted by Crippen LogP contribution is 2.33. The van der Waals surface area contributed by atoms with E-state index in [1.807, 2.05) is 26.8 Å². The molecule has 1 unspecified atom stereocenters. The predicted molar refractivity (Wildman–Crippen MR) is 61.2 cm³/mol. The van der Waals surface area contributed by atoms with Crippen molar-refractivity contribution in [1.82, 2.24) is 4.98 Å². The van der Waals surface area contributed by atoms with Crippen LogP contribution >= 0.6 is 0 Å². The standard InChI is InChI=1S/C11H19N3O/c1-7(2)11(15,6-12)9-8(3)4-5-14-10(9)13/h4-5,7,15H,6,12H2,1-3H3,(H2,13,14). The number of pyridine rings is 1. The molecule has 0 radical (unpaired) electrons. The van der Waals surface area contributed by atoms with Crippen molar-refractivity contribution in [3.8, 4) is 0 Å². The number of rotatable bonds is 3. The molecule has 0 aliphatic heterocycles. The Hall–Kier alpha value is -1.13. The summed E-state index contributed by atoms with van der Waals surface area (Å²) in [5, 5.41) is 10.5. The Kier molecular flexibility index (Phi) is 3.31. The maximum atomic E-state index is 10.5. The molecule has 5 N–H and O–H groups in total. The van der Waals surface area contributed by atoms with Gasteiger partial charge < -0.3 is 16.6 Å². The third kappa shape index (κ3) is 1.96. The summed E-state index contributed by atoms with van der Waals surface area (Å²) in [6.45, 7) is 5.87. The monoisotopic (exact) mass is 209 g/mol. The molecule has 1 rings (SSSR count). The molecule has 1 heterocycles. The number of aliphatic hydroxyl groups is 1. The lowest BCUT2D eigenvalue weighted by Crippen LogP contribution is -2.41. The summed E-state index contributed by atoms with van der Waals surface area (Å²) < 4.78 is 0. The van der Waals surface area contributed by atoms with Crippen molar-refractivity contribution in [1.29, 1.82) is 0 Å². The lowest BCUT2D eigenvalue weighted by atomic mass is 9.81. The topological polar surface area (TPSA) is 85.2 Å². The molecule has 0 saturated heterocycles. The van der Waals surface area contributed by atoms with Gasteiger partial charge in [0.25, 0.3) is 0 Å². The van der Waals surface area contributed by atoms with Gasteiger partial charge in [-0.05, 0) is 24.5 Å². The molecule has 1 aromatic rings. The van der Waals surface area contributed by atoms with E-state index in [1.54, 1.807) is 6.20 Å². The van der Waals surface area contributed by atoms with Crippen molar-refractivity contribution in [2.75, 3.05) is 12.3 Å². The van der Waals surface area contributed by atoms with Crippen LogP contribution in [0.2, 0.25) is 0 Å². The van der Waals surface area contributed by atoms with Crippen molar-refractivity contribution in [2.24, 2.45) is 11.7 Å². The first-order valence-electron chi connectivity index (χ1n) is 5.07. The molecule has 0 fully saturated rings. The average molecular weight is 209 g/mol. The Morgan fingerprint density at radius 2 is 2.13 bits per heavy atom. The number of nitrogen functional groups attached to an aromatic ring is 1. The number of hydrogen-bond donors (Lipinski definition) is 3. The van der Waals surface area contributed by atoms with Crippen molar-refractivity contribution >= 4 is 5.82 Å². The lowest BCUT2D eigenvalue weighted by molar-refractivity contribution is -0.00122. The fraction of sp³-hybridized carbons (Fsp3) is 0.545. The van der Waals surface area contributed by atoms with Gasteiger partial charge in [0.1, 0.15) is 11.4 Å². The quantitative estimate of drug-likeness (QED) is 0.686. The summed E-state index contributed by atoms with van der Waals surface area (Å²) in [4.78, 5) is 4.00. The maximum absolute atomic E-state index is 10.5. The Morgan fingerprint density at radius 3 is 2.53 bits per heavy atom. The van der Waals surface area contributed by atoms with E-state index < -0.39 is 5.60 Å². The van der Waals surface area contributed by atoms with Crippen LogP contribution in [-0.2, 0) is 5.60 Å². The Balaban J connectivity index is 3.35. The number of nitrogens with zero attached hydrogens (tertiary/aromatic N) is 1. The second kappa shape index (κ2) is 4.16. The highest BCUT2D eigenvalue weighted by Gasteiger charge is 2.35. The summed E-state index contributed by atoms with van der Waals surface area (Å²) in [7, 11) is 0. The molecule has 0 spiro atoms. The minimum Gasteiger partial charge on any atom is -0.383 e. The van der Waals surface area contributed by atoms with Crippen molar-refractivity contribution in [2.45, 2.75) is 26.4 Å². The number of nitrogens with two attached hydrogens (primary N) is 2. The number of hydrogen-bond acceptors (Lipinski definition) is 4. The fourth-order valence-electron chi connectivity index (χ4n) is 1.77. The van der Waals surface area contributed by atoms with Gasteiger partial charge in [0.15, 0.2) is 0 Å². The molecular weight excluding hydrogens is 190 g/mol. The zero-order chi connectivity index (χ0) is 11.6. The molecule has 0 amide bonds. The molecular formula is C11H19N3O. The molecule has 0 aliphatic carbocycles. The van der Waals surface area contributed by atoms with Gasteiger partial charge in [-0.1, -0.05) is 13.8 Å². The summed E-state index contributed by atoms with van der Waals surface area (Å²) in [5.74, 6) is 0.351. The zero-order valence-electron chi connectivity index (χ0n) is 9.49. The minimum absolute atomic E-state index is 0.00676. The van der Waals surface area contributed by atoms with Gasteiger partial charge in [-0.2, -0.15) is 0 Å². The third-order valence-corrected chi connectivity index (χ3v) is 2.89.